The van der Waals surface area contributed by atoms with Crippen molar-refractivity contribution < 1.29 is 18.7 Å². The molecular formula is C26H30FN3O3. The monoisotopic (exact) mass is 451 g/mol. The Labute approximate surface area is 193 Å². The van der Waals surface area contributed by atoms with Crippen LogP contribution < -0.4 is 4.74 Å². The van der Waals surface area contributed by atoms with Crippen LogP contribution in [0.5, 0.6) is 5.75 Å². The molecular weight excluding hydrogens is 421 g/mol. The first-order chi connectivity index (χ1) is 16.0. The van der Waals surface area contributed by atoms with E-state index in [0.29, 0.717) is 6.54 Å². The van der Waals surface area contributed by atoms with E-state index in [4.69, 9.17) is 4.74 Å². The average Bonchev–Trinajstić information content (AvgIpc) is 3.32. The molecule has 0 radical (unpaired) electrons. The first-order valence-electron chi connectivity index (χ1n) is 11.2. The molecule has 4 rings (SSSR count). The predicted octanol–water partition coefficient (Wildman–Crippen LogP) is 4.70. The zero-order valence-electron chi connectivity index (χ0n) is 19.5. The van der Waals surface area contributed by atoms with Crippen molar-refractivity contribution >= 4 is 22.9 Å². The summed E-state index contributed by atoms with van der Waals surface area (Å²) in [7, 11) is 3.00. The molecule has 0 fully saturated rings. The van der Waals surface area contributed by atoms with Crippen molar-refractivity contribution in [3.8, 4) is 5.75 Å². The summed E-state index contributed by atoms with van der Waals surface area (Å²) in [6, 6.07) is 10.2. The maximum absolute atomic E-state index is 13.5. The minimum absolute atomic E-state index is 0.0811. The Morgan fingerprint density at radius 2 is 2.09 bits per heavy atom. The minimum Gasteiger partial charge on any atom is -0.496 e. The van der Waals surface area contributed by atoms with Gasteiger partial charge in [0.1, 0.15) is 5.75 Å². The fourth-order valence-corrected chi connectivity index (χ4v) is 4.75. The number of rotatable bonds is 7. The number of benzene rings is 2. The molecule has 1 aliphatic rings. The molecule has 1 N–H and O–H groups in total. The van der Waals surface area contributed by atoms with Crippen LogP contribution in [-0.4, -0.2) is 54.5 Å². The van der Waals surface area contributed by atoms with Gasteiger partial charge in [-0.2, -0.15) is 5.10 Å². The van der Waals surface area contributed by atoms with Gasteiger partial charge in [0, 0.05) is 29.6 Å². The van der Waals surface area contributed by atoms with Gasteiger partial charge in [-0.05, 0) is 54.2 Å². The van der Waals surface area contributed by atoms with Gasteiger partial charge in [0.2, 0.25) is 0 Å². The van der Waals surface area contributed by atoms with Crippen molar-refractivity contribution in [1.29, 1.82) is 0 Å². The number of aromatic nitrogens is 2. The number of nitrogens with zero attached hydrogens (tertiary/aromatic N) is 2. The second kappa shape index (κ2) is 9.75. The fourth-order valence-electron chi connectivity index (χ4n) is 4.75. The number of nitrogens with one attached hydrogen (secondary N) is 1. The molecule has 0 saturated heterocycles. The van der Waals surface area contributed by atoms with Gasteiger partial charge >= 0.3 is 5.97 Å². The summed E-state index contributed by atoms with van der Waals surface area (Å²) in [6.07, 6.45) is 5.84. The molecule has 6 nitrogen and oxygen atoms in total. The third kappa shape index (κ3) is 4.50. The Bertz CT molecular complexity index is 1170. The van der Waals surface area contributed by atoms with Crippen molar-refractivity contribution in [3.63, 3.8) is 0 Å². The maximum Gasteiger partial charge on any atom is 0.330 e. The van der Waals surface area contributed by atoms with E-state index in [-0.39, 0.29) is 24.7 Å². The highest BCUT2D eigenvalue weighted by Gasteiger charge is 2.36. The summed E-state index contributed by atoms with van der Waals surface area (Å²) in [5.74, 6) is 0.225. The molecule has 33 heavy (non-hydrogen) atoms. The van der Waals surface area contributed by atoms with Gasteiger partial charge in [-0.3, -0.25) is 14.4 Å². The van der Waals surface area contributed by atoms with E-state index in [1.165, 1.54) is 24.3 Å². The van der Waals surface area contributed by atoms with Gasteiger partial charge in [-0.15, -0.1) is 0 Å². The Hall–Kier alpha value is -3.19. The molecule has 7 heteroatoms. The number of hydrogen-bond acceptors (Lipinski definition) is 5. The van der Waals surface area contributed by atoms with Crippen LogP contribution in [0.1, 0.15) is 42.1 Å². The highest BCUT2D eigenvalue weighted by Crippen LogP contribution is 2.43. The van der Waals surface area contributed by atoms with E-state index in [1.807, 2.05) is 31.3 Å². The van der Waals surface area contributed by atoms with Gasteiger partial charge in [-0.1, -0.05) is 25.1 Å². The number of fused-ring (bicyclic) bond motifs is 3. The smallest absolute Gasteiger partial charge is 0.330 e. The molecule has 2 heterocycles. The molecule has 0 bridgehead atoms. The number of ether oxygens (including phenoxy) is 2. The second-order valence-corrected chi connectivity index (χ2v) is 8.73. The first kappa shape index (κ1) is 23.0. The lowest BCUT2D eigenvalue weighted by molar-refractivity contribution is -0.134. The lowest BCUT2D eigenvalue weighted by Gasteiger charge is -2.43. The normalized spacial score (nSPS) is 19.5. The molecule has 3 aromatic rings. The van der Waals surface area contributed by atoms with E-state index in [9.17, 15) is 9.18 Å². The number of carbonyl (C=O) groups excluding carboxylic acids is 1. The van der Waals surface area contributed by atoms with Crippen LogP contribution in [0.4, 0.5) is 4.39 Å². The maximum atomic E-state index is 13.5. The highest BCUT2D eigenvalue weighted by molar-refractivity contribution is 5.87. The van der Waals surface area contributed by atoms with Crippen molar-refractivity contribution in [1.82, 2.24) is 15.1 Å². The molecule has 0 spiro atoms. The van der Waals surface area contributed by atoms with E-state index in [1.54, 1.807) is 13.2 Å². The summed E-state index contributed by atoms with van der Waals surface area (Å²) in [6.45, 7) is 4.41. The van der Waals surface area contributed by atoms with Gasteiger partial charge < -0.3 is 9.47 Å². The van der Waals surface area contributed by atoms with Crippen LogP contribution in [0.3, 0.4) is 0 Å². The van der Waals surface area contributed by atoms with Crippen LogP contribution in [0.15, 0.2) is 42.6 Å². The van der Waals surface area contributed by atoms with Crippen LogP contribution in [0.2, 0.25) is 0 Å². The molecule has 174 valence electrons. The van der Waals surface area contributed by atoms with Crippen LogP contribution in [-0.2, 0) is 16.0 Å². The lowest BCUT2D eigenvalue weighted by atomic mass is 9.82. The summed E-state index contributed by atoms with van der Waals surface area (Å²) >= 11 is 0. The third-order valence-corrected chi connectivity index (χ3v) is 6.41. The molecule has 3 atom stereocenters. The zero-order chi connectivity index (χ0) is 23.5. The molecule has 2 aromatic carbocycles. The fraction of sp³-hybridized carbons (Fsp3) is 0.385. The van der Waals surface area contributed by atoms with Crippen LogP contribution >= 0.6 is 0 Å². The lowest BCUT2D eigenvalue weighted by Crippen LogP contribution is -2.45. The second-order valence-electron chi connectivity index (χ2n) is 8.73. The molecule has 0 saturated carbocycles. The summed E-state index contributed by atoms with van der Waals surface area (Å²) in [4.78, 5) is 13.9. The van der Waals surface area contributed by atoms with E-state index < -0.39 is 5.97 Å². The number of H-pyrrole nitrogens is 1. The number of methoxy groups -OCH3 is 2. The topological polar surface area (TPSA) is 67.5 Å². The van der Waals surface area contributed by atoms with Crippen molar-refractivity contribution in [3.05, 3.63) is 64.9 Å². The van der Waals surface area contributed by atoms with Crippen LogP contribution in [0.25, 0.3) is 17.0 Å². The Balaban J connectivity index is 1.84. The van der Waals surface area contributed by atoms with Gasteiger partial charge in [0.05, 0.1) is 38.6 Å². The number of halogens is 1. The molecule has 2 unspecified atom stereocenters. The number of aromatic amines is 1. The summed E-state index contributed by atoms with van der Waals surface area (Å²) in [5.41, 5.74) is 5.30. The molecule has 1 aliphatic heterocycles. The van der Waals surface area contributed by atoms with E-state index >= 15 is 0 Å². The molecule has 1 aromatic heterocycles. The Morgan fingerprint density at radius 3 is 2.82 bits per heavy atom. The first-order valence-corrected chi connectivity index (χ1v) is 11.2. The summed E-state index contributed by atoms with van der Waals surface area (Å²) < 4.78 is 24.0. The zero-order valence-corrected chi connectivity index (χ0v) is 19.5. The Kier molecular flexibility index (Phi) is 6.79. The SMILES string of the molecule is COC(=O)/C=C/c1ccc(C2c3ccc4[nH]ncc4c3C[C@@H](C)N2CC(C)CF)c(OC)c1. The highest BCUT2D eigenvalue weighted by atomic mass is 19.1. The third-order valence-electron chi connectivity index (χ3n) is 6.41. The standard InChI is InChI=1S/C26H30FN3O3/c1-16(13-27)15-30-17(2)11-21-19(8-9-23-22(21)14-28-29-23)26(30)20-7-5-18(12-24(20)32-3)6-10-25(31)33-4/h5-10,12,14,16-17,26H,11,13,15H2,1-4H3,(H,28,29)/b10-6+/t16?,17-,26?/m1/s1. The van der Waals surface area contributed by atoms with Crippen molar-refractivity contribution in [2.45, 2.75) is 32.4 Å². The van der Waals surface area contributed by atoms with Gasteiger partial charge in [-0.25, -0.2) is 4.79 Å². The van der Waals surface area contributed by atoms with Crippen molar-refractivity contribution in [2.24, 2.45) is 5.92 Å². The van der Waals surface area contributed by atoms with E-state index in [0.717, 1.165) is 34.2 Å². The molecule has 0 amide bonds. The van der Waals surface area contributed by atoms with Crippen molar-refractivity contribution in [2.75, 3.05) is 27.4 Å². The number of esters is 1. The van der Waals surface area contributed by atoms with Gasteiger partial charge in [0.25, 0.3) is 0 Å². The number of carbonyl (C=O) groups is 1. The van der Waals surface area contributed by atoms with Gasteiger partial charge in [0.15, 0.2) is 0 Å². The quantitative estimate of drug-likeness (QED) is 0.417. The van der Waals surface area contributed by atoms with Crippen LogP contribution in [0, 0.1) is 5.92 Å². The number of hydrogen-bond donors (Lipinski definition) is 1. The number of alkyl halides is 1. The Morgan fingerprint density at radius 1 is 1.30 bits per heavy atom. The largest absolute Gasteiger partial charge is 0.496 e. The average molecular weight is 452 g/mol. The van der Waals surface area contributed by atoms with E-state index in [2.05, 4.69) is 38.9 Å². The molecule has 0 aliphatic carbocycles. The summed E-state index contributed by atoms with van der Waals surface area (Å²) in [5, 5.41) is 8.43. The predicted molar refractivity (Wildman–Crippen MR) is 127 cm³/mol. The minimum atomic E-state index is -0.413.